The maximum atomic E-state index is 12.3. The molecule has 0 aliphatic heterocycles. The Kier molecular flexibility index (Phi) is 5.64. The number of carbonyl (C=O) groups is 1. The molecule has 0 fully saturated rings. The molecule has 0 bridgehead atoms. The first-order chi connectivity index (χ1) is 8.79. The first-order valence-corrected chi connectivity index (χ1v) is 8.46. The minimum absolute atomic E-state index is 0.0715. The lowest BCUT2D eigenvalue weighted by molar-refractivity contribution is 0.0789. The van der Waals surface area contributed by atoms with Crippen LogP contribution in [0, 0.1) is 0 Å². The van der Waals surface area contributed by atoms with Crippen LogP contribution in [-0.4, -0.2) is 32.8 Å². The van der Waals surface area contributed by atoms with Crippen molar-refractivity contribution in [2.45, 2.75) is 24.7 Å². The van der Waals surface area contributed by atoms with E-state index in [1.54, 1.807) is 7.05 Å². The van der Waals surface area contributed by atoms with E-state index in [1.165, 1.54) is 23.1 Å². The van der Waals surface area contributed by atoms with Crippen LogP contribution in [0.1, 0.15) is 30.1 Å². The van der Waals surface area contributed by atoms with Crippen LogP contribution in [0.25, 0.3) is 0 Å². The van der Waals surface area contributed by atoms with Crippen LogP contribution in [0.5, 0.6) is 0 Å². The number of unbranched alkanes of at least 4 members (excludes halogenated alkanes) is 1. The molecule has 4 nitrogen and oxygen atoms in total. The third kappa shape index (κ3) is 4.09. The van der Waals surface area contributed by atoms with E-state index in [4.69, 9.17) is 22.3 Å². The highest BCUT2D eigenvalue weighted by Gasteiger charge is 2.25. The Bertz CT molecular complexity index is 572. The van der Waals surface area contributed by atoms with E-state index in [2.05, 4.69) is 0 Å². The Balaban J connectivity index is 3.23. The molecular weight excluding hydrogens is 309 g/mol. The summed E-state index contributed by atoms with van der Waals surface area (Å²) >= 11 is 5.94. The second-order valence-corrected chi connectivity index (χ2v) is 7.07. The fourth-order valence-electron chi connectivity index (χ4n) is 1.60. The smallest absolute Gasteiger partial charge is 0.262 e. The maximum absolute atomic E-state index is 12.3. The highest BCUT2D eigenvalue weighted by Crippen LogP contribution is 2.27. The van der Waals surface area contributed by atoms with Crippen molar-refractivity contribution in [1.82, 2.24) is 4.90 Å². The molecule has 0 saturated heterocycles. The summed E-state index contributed by atoms with van der Waals surface area (Å²) < 4.78 is 23.0. The van der Waals surface area contributed by atoms with Crippen LogP contribution in [0.3, 0.4) is 0 Å². The van der Waals surface area contributed by atoms with Crippen LogP contribution in [0.4, 0.5) is 0 Å². The van der Waals surface area contributed by atoms with Gasteiger partial charge >= 0.3 is 0 Å². The number of amides is 1. The molecule has 1 aromatic carbocycles. The average molecular weight is 324 g/mol. The van der Waals surface area contributed by atoms with E-state index in [0.29, 0.717) is 6.54 Å². The first kappa shape index (κ1) is 16.3. The summed E-state index contributed by atoms with van der Waals surface area (Å²) in [5, 5.41) is 0.0788. The minimum Gasteiger partial charge on any atom is -0.342 e. The molecule has 1 rings (SSSR count). The van der Waals surface area contributed by atoms with E-state index in [-0.39, 0.29) is 15.5 Å². The van der Waals surface area contributed by atoms with Gasteiger partial charge in [0.25, 0.3) is 15.0 Å². The first-order valence-electron chi connectivity index (χ1n) is 5.77. The van der Waals surface area contributed by atoms with Gasteiger partial charge in [0.15, 0.2) is 0 Å². The Hall–Kier alpha value is -0.780. The van der Waals surface area contributed by atoms with Crippen LogP contribution in [0.15, 0.2) is 23.1 Å². The van der Waals surface area contributed by atoms with Crippen molar-refractivity contribution in [3.63, 3.8) is 0 Å². The maximum Gasteiger partial charge on any atom is 0.262 e. The monoisotopic (exact) mass is 323 g/mol. The summed E-state index contributed by atoms with van der Waals surface area (Å²) in [5.74, 6) is -0.446. The van der Waals surface area contributed by atoms with E-state index < -0.39 is 15.0 Å². The molecule has 0 saturated carbocycles. The summed E-state index contributed by atoms with van der Waals surface area (Å²) in [7, 11) is 2.92. The molecule has 0 heterocycles. The zero-order valence-electron chi connectivity index (χ0n) is 10.7. The fraction of sp³-hybridized carbons (Fsp3) is 0.417. The van der Waals surface area contributed by atoms with Gasteiger partial charge < -0.3 is 4.90 Å². The molecule has 7 heteroatoms. The summed E-state index contributed by atoms with van der Waals surface area (Å²) in [6.07, 6.45) is 1.76. The lowest BCUT2D eigenvalue weighted by Crippen LogP contribution is -2.29. The third-order valence-electron chi connectivity index (χ3n) is 2.65. The van der Waals surface area contributed by atoms with Gasteiger partial charge in [-0.1, -0.05) is 31.0 Å². The number of carbonyl (C=O) groups excluding carboxylic acids is 1. The largest absolute Gasteiger partial charge is 0.342 e. The Morgan fingerprint density at radius 3 is 2.53 bits per heavy atom. The van der Waals surface area contributed by atoms with Gasteiger partial charge in [-0.2, -0.15) is 0 Å². The molecule has 0 aliphatic rings. The molecule has 0 N–H and O–H groups in total. The highest BCUT2D eigenvalue weighted by molar-refractivity contribution is 8.13. The van der Waals surface area contributed by atoms with Crippen LogP contribution in [-0.2, 0) is 9.05 Å². The average Bonchev–Trinajstić information content (AvgIpc) is 2.33. The second kappa shape index (κ2) is 6.59. The molecule has 0 aromatic heterocycles. The molecule has 0 radical (unpaired) electrons. The highest BCUT2D eigenvalue weighted by atomic mass is 35.7. The van der Waals surface area contributed by atoms with Gasteiger partial charge in [0.2, 0.25) is 0 Å². The SMILES string of the molecule is CCCCN(C)C(=O)c1c(Cl)cccc1S(=O)(=O)Cl. The Morgan fingerprint density at radius 1 is 1.37 bits per heavy atom. The molecule has 19 heavy (non-hydrogen) atoms. The summed E-state index contributed by atoms with van der Waals surface area (Å²) in [6, 6.07) is 4.18. The third-order valence-corrected chi connectivity index (χ3v) is 4.32. The quantitative estimate of drug-likeness (QED) is 0.782. The Morgan fingerprint density at radius 2 is 2.00 bits per heavy atom. The number of nitrogens with zero attached hydrogens (tertiary/aromatic N) is 1. The van der Waals surface area contributed by atoms with Gasteiger partial charge in [-0.3, -0.25) is 4.79 Å². The van der Waals surface area contributed by atoms with E-state index in [0.717, 1.165) is 12.8 Å². The molecular formula is C12H15Cl2NO3S. The van der Waals surface area contributed by atoms with Crippen LogP contribution in [0.2, 0.25) is 5.02 Å². The predicted molar refractivity (Wildman–Crippen MR) is 76.4 cm³/mol. The van der Waals surface area contributed by atoms with E-state index in [1.807, 2.05) is 6.92 Å². The normalized spacial score (nSPS) is 11.4. The van der Waals surface area contributed by atoms with Gasteiger partial charge in [-0.15, -0.1) is 0 Å². The topological polar surface area (TPSA) is 54.5 Å². The second-order valence-electron chi connectivity index (χ2n) is 4.13. The van der Waals surface area contributed by atoms with Gasteiger partial charge in [-0.05, 0) is 18.6 Å². The molecule has 1 aromatic rings. The predicted octanol–water partition coefficient (Wildman–Crippen LogP) is 3.14. The van der Waals surface area contributed by atoms with Crippen molar-refractivity contribution in [3.05, 3.63) is 28.8 Å². The Labute approximate surface area is 122 Å². The standard InChI is InChI=1S/C12H15Cl2NO3S/c1-3-4-8-15(2)12(16)11-9(13)6-5-7-10(11)19(14,17)18/h5-7H,3-4,8H2,1-2H3. The van der Waals surface area contributed by atoms with Crippen molar-refractivity contribution in [2.75, 3.05) is 13.6 Å². The zero-order chi connectivity index (χ0) is 14.6. The summed E-state index contributed by atoms with van der Waals surface area (Å²) in [4.78, 5) is 13.4. The minimum atomic E-state index is -4.01. The number of rotatable bonds is 5. The summed E-state index contributed by atoms with van der Waals surface area (Å²) in [5.41, 5.74) is -0.0715. The summed E-state index contributed by atoms with van der Waals surface area (Å²) in [6.45, 7) is 2.53. The van der Waals surface area contributed by atoms with Crippen molar-refractivity contribution in [3.8, 4) is 0 Å². The van der Waals surface area contributed by atoms with Gasteiger partial charge in [0.05, 0.1) is 15.5 Å². The van der Waals surface area contributed by atoms with Crippen molar-refractivity contribution in [1.29, 1.82) is 0 Å². The number of benzene rings is 1. The molecule has 1 amide bonds. The van der Waals surface area contributed by atoms with Crippen molar-refractivity contribution >= 4 is 37.2 Å². The van der Waals surface area contributed by atoms with Crippen molar-refractivity contribution in [2.24, 2.45) is 0 Å². The lowest BCUT2D eigenvalue weighted by Gasteiger charge is -2.18. The van der Waals surface area contributed by atoms with Gasteiger partial charge in [-0.25, -0.2) is 8.42 Å². The molecule has 0 spiro atoms. The van der Waals surface area contributed by atoms with Crippen molar-refractivity contribution < 1.29 is 13.2 Å². The number of hydrogen-bond acceptors (Lipinski definition) is 3. The van der Waals surface area contributed by atoms with E-state index >= 15 is 0 Å². The van der Waals surface area contributed by atoms with Gasteiger partial charge in [0.1, 0.15) is 0 Å². The van der Waals surface area contributed by atoms with E-state index in [9.17, 15) is 13.2 Å². The van der Waals surface area contributed by atoms with Gasteiger partial charge in [0, 0.05) is 24.3 Å². The number of halogens is 2. The molecule has 106 valence electrons. The fourth-order valence-corrected chi connectivity index (χ4v) is 2.98. The van der Waals surface area contributed by atoms with Crippen LogP contribution < -0.4 is 0 Å². The van der Waals surface area contributed by atoms with Crippen LogP contribution >= 0.6 is 22.3 Å². The number of hydrogen-bond donors (Lipinski definition) is 0. The zero-order valence-corrected chi connectivity index (χ0v) is 13.0. The molecule has 0 atom stereocenters. The molecule has 0 unspecified atom stereocenters. The molecule has 0 aliphatic carbocycles. The lowest BCUT2D eigenvalue weighted by atomic mass is 10.2.